The Morgan fingerprint density at radius 3 is 2.69 bits per heavy atom. The van der Waals surface area contributed by atoms with Gasteiger partial charge in [-0.2, -0.15) is 0 Å². The molecule has 0 fully saturated rings. The van der Waals surface area contributed by atoms with E-state index in [1.165, 1.54) is 18.2 Å². The second kappa shape index (κ2) is 5.90. The zero-order valence-electron chi connectivity index (χ0n) is 13.5. The second-order valence-electron chi connectivity index (χ2n) is 6.47. The van der Waals surface area contributed by atoms with E-state index in [0.29, 0.717) is 10.6 Å². The molecule has 0 saturated heterocycles. The number of ether oxygens (including phenoxy) is 1. The van der Waals surface area contributed by atoms with Crippen LogP contribution in [0.25, 0.3) is 0 Å². The van der Waals surface area contributed by atoms with E-state index in [1.807, 2.05) is 0 Å². The molecule has 1 spiro atoms. The summed E-state index contributed by atoms with van der Waals surface area (Å²) in [6.45, 7) is -0.378. The predicted octanol–water partition coefficient (Wildman–Crippen LogP) is 3.55. The van der Waals surface area contributed by atoms with Gasteiger partial charge in [0.1, 0.15) is 10.6 Å². The maximum absolute atomic E-state index is 14.8. The van der Waals surface area contributed by atoms with Crippen molar-refractivity contribution in [3.8, 4) is 5.75 Å². The van der Waals surface area contributed by atoms with Gasteiger partial charge < -0.3 is 9.84 Å². The van der Waals surface area contributed by atoms with Crippen LogP contribution in [-0.2, 0) is 14.6 Å². The van der Waals surface area contributed by atoms with Crippen LogP contribution in [-0.4, -0.2) is 26.7 Å². The van der Waals surface area contributed by atoms with Crippen LogP contribution in [0.4, 0.5) is 8.78 Å². The molecule has 2 heterocycles. The molecule has 0 bridgehead atoms. The fourth-order valence-electron chi connectivity index (χ4n) is 4.30. The zero-order chi connectivity index (χ0) is 18.7. The first-order chi connectivity index (χ1) is 12.3. The second-order valence-corrected chi connectivity index (χ2v) is 9.08. The van der Waals surface area contributed by atoms with Gasteiger partial charge in [-0.3, -0.25) is 0 Å². The lowest BCUT2D eigenvalue weighted by Crippen LogP contribution is -2.42. The van der Waals surface area contributed by atoms with Crippen LogP contribution < -0.4 is 4.74 Å². The topological polar surface area (TPSA) is 63.6 Å². The predicted molar refractivity (Wildman–Crippen MR) is 91.2 cm³/mol. The summed E-state index contributed by atoms with van der Waals surface area (Å²) in [7, 11) is -4.07. The monoisotopic (exact) mass is 400 g/mol. The largest absolute Gasteiger partial charge is 0.490 e. The Morgan fingerprint density at radius 2 is 1.96 bits per heavy atom. The summed E-state index contributed by atoms with van der Waals surface area (Å²) in [5.41, 5.74) is 0.123. The van der Waals surface area contributed by atoms with Gasteiger partial charge in [-0.25, -0.2) is 17.2 Å². The van der Waals surface area contributed by atoms with Crippen LogP contribution in [0.2, 0.25) is 5.02 Å². The molecule has 4 rings (SSSR count). The molecule has 0 aliphatic carbocycles. The molecule has 2 aromatic carbocycles. The highest BCUT2D eigenvalue weighted by atomic mass is 35.5. The van der Waals surface area contributed by atoms with Crippen molar-refractivity contribution >= 4 is 21.4 Å². The fraction of sp³-hybridized carbons (Fsp3) is 0.333. The summed E-state index contributed by atoms with van der Waals surface area (Å²) in [6, 6.07) is 6.19. The lowest BCUT2D eigenvalue weighted by molar-refractivity contribution is 0.202. The summed E-state index contributed by atoms with van der Waals surface area (Å²) >= 11 is 6.05. The van der Waals surface area contributed by atoms with Crippen LogP contribution in [0.1, 0.15) is 29.9 Å². The molecule has 4 nitrogen and oxygen atoms in total. The van der Waals surface area contributed by atoms with Crippen molar-refractivity contribution in [1.29, 1.82) is 0 Å². The van der Waals surface area contributed by atoms with Crippen LogP contribution >= 0.6 is 11.6 Å². The van der Waals surface area contributed by atoms with Crippen LogP contribution in [0.15, 0.2) is 35.2 Å². The molecule has 2 atom stereocenters. The summed E-state index contributed by atoms with van der Waals surface area (Å²) < 4.78 is 59.7. The lowest BCUT2D eigenvalue weighted by atomic mass is 9.76. The van der Waals surface area contributed by atoms with Gasteiger partial charge in [-0.05, 0) is 42.3 Å². The number of hydrogen-bond donors (Lipinski definition) is 1. The molecule has 2 aliphatic rings. The molecule has 2 unspecified atom stereocenters. The van der Waals surface area contributed by atoms with Crippen LogP contribution in [0.3, 0.4) is 0 Å². The summed E-state index contributed by atoms with van der Waals surface area (Å²) in [5.74, 6) is -2.79. The van der Waals surface area contributed by atoms with Gasteiger partial charge in [0.25, 0.3) is 0 Å². The van der Waals surface area contributed by atoms with Crippen LogP contribution in [0.5, 0.6) is 5.75 Å². The number of halogens is 3. The summed E-state index contributed by atoms with van der Waals surface area (Å²) in [6.07, 6.45) is 0.0294. The lowest BCUT2D eigenvalue weighted by Gasteiger charge is -2.39. The van der Waals surface area contributed by atoms with Gasteiger partial charge >= 0.3 is 0 Å². The summed E-state index contributed by atoms with van der Waals surface area (Å²) in [4.78, 5) is 0.0388. The smallest absolute Gasteiger partial charge is 0.189 e. The van der Waals surface area contributed by atoms with E-state index >= 15 is 0 Å². The molecule has 2 aromatic rings. The normalized spacial score (nSPS) is 25.6. The number of aliphatic hydroxyl groups excluding tert-OH is 1. The number of hydrogen-bond acceptors (Lipinski definition) is 4. The Kier molecular flexibility index (Phi) is 4.02. The minimum atomic E-state index is -4.07. The maximum atomic E-state index is 14.8. The SMILES string of the molecule is O=S1(=O)c2ccc(Cl)cc2C(CCO)C12CCOc1c(F)ccc(F)c12. The number of rotatable bonds is 2. The van der Waals surface area contributed by atoms with E-state index in [-0.39, 0.29) is 42.3 Å². The number of fused-ring (bicyclic) bond motifs is 3. The first-order valence-electron chi connectivity index (χ1n) is 8.11. The van der Waals surface area contributed by atoms with Crippen molar-refractivity contribution in [2.75, 3.05) is 13.2 Å². The highest BCUT2D eigenvalue weighted by Crippen LogP contribution is 2.61. The van der Waals surface area contributed by atoms with Crippen LogP contribution in [0, 0.1) is 11.6 Å². The molecule has 2 aliphatic heterocycles. The Labute approximate surface area is 154 Å². The van der Waals surface area contributed by atoms with Gasteiger partial charge in [-0.1, -0.05) is 11.6 Å². The third-order valence-corrected chi connectivity index (χ3v) is 8.14. The maximum Gasteiger partial charge on any atom is 0.189 e. The van der Waals surface area contributed by atoms with E-state index in [4.69, 9.17) is 16.3 Å². The quantitative estimate of drug-likeness (QED) is 0.837. The molecule has 8 heteroatoms. The average molecular weight is 401 g/mol. The molecule has 26 heavy (non-hydrogen) atoms. The number of aliphatic hydroxyl groups is 1. The minimum absolute atomic E-state index is 0.0388. The Hall–Kier alpha value is -1.70. The Morgan fingerprint density at radius 1 is 1.23 bits per heavy atom. The molecule has 0 aromatic heterocycles. The molecule has 0 amide bonds. The molecular formula is C18H15ClF2O4S. The third kappa shape index (κ3) is 2.11. The molecule has 138 valence electrons. The van der Waals surface area contributed by atoms with E-state index in [0.717, 1.165) is 12.1 Å². The van der Waals surface area contributed by atoms with Crippen molar-refractivity contribution in [2.24, 2.45) is 0 Å². The van der Waals surface area contributed by atoms with Gasteiger partial charge in [0.2, 0.25) is 0 Å². The fourth-order valence-corrected chi connectivity index (χ4v) is 7.07. The molecule has 1 N–H and O–H groups in total. The van der Waals surface area contributed by atoms with E-state index in [2.05, 4.69) is 0 Å². The molecular weight excluding hydrogens is 386 g/mol. The minimum Gasteiger partial charge on any atom is -0.490 e. The number of sulfone groups is 1. The standard InChI is InChI=1S/C18H15ClF2O4S/c19-10-1-4-15-11(9-10)12(5-7-22)18(26(15,23)24)6-8-25-17-14(21)3-2-13(20)16(17)18/h1-4,9,12,22H,5-8H2. The first-order valence-corrected chi connectivity index (χ1v) is 9.97. The van der Waals surface area contributed by atoms with Crippen molar-refractivity contribution < 1.29 is 27.0 Å². The van der Waals surface area contributed by atoms with Crippen molar-refractivity contribution in [3.63, 3.8) is 0 Å². The van der Waals surface area contributed by atoms with Crippen molar-refractivity contribution in [2.45, 2.75) is 28.4 Å². The number of benzene rings is 2. The Balaban J connectivity index is 2.11. The molecule has 0 saturated carbocycles. The highest BCUT2D eigenvalue weighted by Gasteiger charge is 2.62. The third-order valence-electron chi connectivity index (χ3n) is 5.30. The van der Waals surface area contributed by atoms with Crippen molar-refractivity contribution in [3.05, 3.63) is 58.1 Å². The zero-order valence-corrected chi connectivity index (χ0v) is 15.1. The Bertz CT molecular complexity index is 1010. The molecule has 0 radical (unpaired) electrons. The van der Waals surface area contributed by atoms with Gasteiger partial charge in [0, 0.05) is 24.0 Å². The average Bonchev–Trinajstić information content (AvgIpc) is 2.77. The van der Waals surface area contributed by atoms with Gasteiger partial charge in [0.05, 0.1) is 17.1 Å². The van der Waals surface area contributed by atoms with Crippen molar-refractivity contribution in [1.82, 2.24) is 0 Å². The van der Waals surface area contributed by atoms with Gasteiger partial charge in [0.15, 0.2) is 21.4 Å². The van der Waals surface area contributed by atoms with E-state index < -0.39 is 32.1 Å². The van der Waals surface area contributed by atoms with Gasteiger partial charge in [-0.15, -0.1) is 0 Å². The highest BCUT2D eigenvalue weighted by molar-refractivity contribution is 7.92. The van der Waals surface area contributed by atoms with E-state index in [9.17, 15) is 22.3 Å². The van der Waals surface area contributed by atoms with E-state index in [1.54, 1.807) is 0 Å². The summed E-state index contributed by atoms with van der Waals surface area (Å²) in [5, 5.41) is 9.89. The first kappa shape index (κ1) is 17.7.